The largest absolute Gasteiger partial charge is 0.444 e. The standard InChI is InChI=1S/C49H70FN5O8Si/c1-33(2)42(45(58)51-40(30-35-21-15-12-16-22-35)44(57)54-46(59)55-25-27-61-28-26-55)53-43(56)37(31-36-23-17-18-24-38(36)50)32-41(63-64(9,10)49(6,7)8)39(29-34-19-13-11-14-20-34)52-47(60)62-48(3,4)5/h11-24,33,37,39-42H,25-32H2,1-10H3,(H,51,58)(H,52,60)(H,53,56)(H,54,57,59). The summed E-state index contributed by atoms with van der Waals surface area (Å²) in [6.45, 7) is 20.7. The van der Waals surface area contributed by atoms with E-state index >= 15 is 4.39 Å². The number of halogens is 1. The van der Waals surface area contributed by atoms with Crippen LogP contribution in [0.15, 0.2) is 84.9 Å². The van der Waals surface area contributed by atoms with Crippen LogP contribution >= 0.6 is 0 Å². The maximum absolute atomic E-state index is 15.5. The summed E-state index contributed by atoms with van der Waals surface area (Å²) in [7, 11) is -2.64. The molecule has 4 N–H and O–H groups in total. The number of amides is 6. The van der Waals surface area contributed by atoms with E-state index in [-0.39, 0.29) is 24.3 Å². The Morgan fingerprint density at radius 3 is 1.84 bits per heavy atom. The van der Waals surface area contributed by atoms with Crippen LogP contribution in [0.3, 0.4) is 0 Å². The molecule has 1 fully saturated rings. The maximum atomic E-state index is 15.5. The minimum Gasteiger partial charge on any atom is -0.444 e. The smallest absolute Gasteiger partial charge is 0.407 e. The summed E-state index contributed by atoms with van der Waals surface area (Å²) in [6.07, 6.45) is -1.02. The van der Waals surface area contributed by atoms with E-state index in [1.807, 2.05) is 60.7 Å². The van der Waals surface area contributed by atoms with Crippen molar-refractivity contribution in [2.75, 3.05) is 26.3 Å². The molecule has 5 unspecified atom stereocenters. The molecule has 1 heterocycles. The van der Waals surface area contributed by atoms with E-state index < -0.39 is 85.6 Å². The fourth-order valence-corrected chi connectivity index (χ4v) is 8.48. The van der Waals surface area contributed by atoms with Crippen LogP contribution in [0.2, 0.25) is 18.1 Å². The van der Waals surface area contributed by atoms with E-state index in [0.717, 1.165) is 11.1 Å². The first-order chi connectivity index (χ1) is 30.0. The van der Waals surface area contributed by atoms with Gasteiger partial charge in [-0.3, -0.25) is 19.7 Å². The van der Waals surface area contributed by atoms with Gasteiger partial charge in [-0.1, -0.05) is 113 Å². The molecule has 5 atom stereocenters. The van der Waals surface area contributed by atoms with Gasteiger partial charge in [0.15, 0.2) is 8.32 Å². The van der Waals surface area contributed by atoms with Gasteiger partial charge < -0.3 is 34.8 Å². The summed E-state index contributed by atoms with van der Waals surface area (Å²) in [6, 6.07) is 21.3. The average Bonchev–Trinajstić information content (AvgIpc) is 3.22. The van der Waals surface area contributed by atoms with Crippen LogP contribution in [-0.2, 0) is 47.5 Å². The Balaban J connectivity index is 1.71. The molecule has 1 aliphatic rings. The van der Waals surface area contributed by atoms with Gasteiger partial charge >= 0.3 is 12.1 Å². The van der Waals surface area contributed by atoms with Crippen molar-refractivity contribution in [3.05, 3.63) is 107 Å². The lowest BCUT2D eigenvalue weighted by molar-refractivity contribution is -0.134. The van der Waals surface area contributed by atoms with E-state index in [9.17, 15) is 24.0 Å². The Morgan fingerprint density at radius 1 is 0.734 bits per heavy atom. The van der Waals surface area contributed by atoms with Gasteiger partial charge in [0.25, 0.3) is 5.91 Å². The van der Waals surface area contributed by atoms with Gasteiger partial charge in [-0.2, -0.15) is 0 Å². The maximum Gasteiger partial charge on any atom is 0.407 e. The Labute approximate surface area is 380 Å². The molecule has 3 aromatic rings. The number of nitrogens with zero attached hydrogens (tertiary/aromatic N) is 1. The highest BCUT2D eigenvalue weighted by Gasteiger charge is 2.43. The second-order valence-electron chi connectivity index (χ2n) is 19.5. The number of hydrogen-bond acceptors (Lipinski definition) is 8. The van der Waals surface area contributed by atoms with E-state index in [1.54, 1.807) is 52.8 Å². The first kappa shape index (κ1) is 51.5. The lowest BCUT2D eigenvalue weighted by Gasteiger charge is -2.42. The zero-order valence-corrected chi connectivity index (χ0v) is 40.3. The Bertz CT molecular complexity index is 2000. The fraction of sp³-hybridized carbons (Fsp3) is 0.531. The fourth-order valence-electron chi connectivity index (χ4n) is 7.11. The number of rotatable bonds is 18. The number of alkyl carbamates (subject to hydrolysis) is 1. The first-order valence-electron chi connectivity index (χ1n) is 22.3. The highest BCUT2D eigenvalue weighted by molar-refractivity contribution is 6.74. The number of imide groups is 1. The van der Waals surface area contributed by atoms with Gasteiger partial charge in [0.2, 0.25) is 11.8 Å². The molecular weight excluding hydrogens is 834 g/mol. The van der Waals surface area contributed by atoms with Crippen LogP contribution in [0.1, 0.15) is 78.5 Å². The van der Waals surface area contributed by atoms with Crippen molar-refractivity contribution < 1.29 is 42.3 Å². The van der Waals surface area contributed by atoms with Crippen molar-refractivity contribution >= 4 is 38.2 Å². The highest BCUT2D eigenvalue weighted by atomic mass is 28.4. The van der Waals surface area contributed by atoms with Gasteiger partial charge in [0.05, 0.1) is 25.4 Å². The Hall–Kier alpha value is -5.12. The molecule has 1 saturated heterocycles. The number of nitrogens with one attached hydrogen (secondary N) is 4. The lowest BCUT2D eigenvalue weighted by atomic mass is 9.88. The molecule has 15 heteroatoms. The van der Waals surface area contributed by atoms with Crippen molar-refractivity contribution in [2.24, 2.45) is 11.8 Å². The van der Waals surface area contributed by atoms with Crippen molar-refractivity contribution in [2.45, 2.75) is 129 Å². The molecule has 0 aromatic heterocycles. The van der Waals surface area contributed by atoms with E-state index in [0.29, 0.717) is 38.3 Å². The van der Waals surface area contributed by atoms with Crippen LogP contribution < -0.4 is 21.3 Å². The molecular formula is C49H70FN5O8Si. The Kier molecular flexibility index (Phi) is 18.7. The van der Waals surface area contributed by atoms with Crippen molar-refractivity contribution in [1.82, 2.24) is 26.2 Å². The number of ether oxygens (including phenoxy) is 2. The zero-order valence-electron chi connectivity index (χ0n) is 39.3. The second kappa shape index (κ2) is 23.2. The third-order valence-electron chi connectivity index (χ3n) is 11.7. The number of urea groups is 1. The van der Waals surface area contributed by atoms with Crippen LogP contribution in [0.4, 0.5) is 14.0 Å². The number of benzene rings is 3. The van der Waals surface area contributed by atoms with Crippen molar-refractivity contribution in [3.63, 3.8) is 0 Å². The molecule has 1 aliphatic heterocycles. The summed E-state index contributed by atoms with van der Waals surface area (Å²) in [4.78, 5) is 71.1. The third kappa shape index (κ3) is 16.1. The highest BCUT2D eigenvalue weighted by Crippen LogP contribution is 2.39. The zero-order chi connectivity index (χ0) is 47.2. The van der Waals surface area contributed by atoms with Gasteiger partial charge in [-0.25, -0.2) is 14.0 Å². The molecule has 0 saturated carbocycles. The number of carbonyl (C=O) groups is 5. The Morgan fingerprint density at radius 2 is 1.30 bits per heavy atom. The number of morpholine rings is 1. The average molecular weight is 904 g/mol. The summed E-state index contributed by atoms with van der Waals surface area (Å²) >= 11 is 0. The molecule has 3 aromatic carbocycles. The van der Waals surface area contributed by atoms with Gasteiger partial charge in [0.1, 0.15) is 23.5 Å². The molecule has 64 heavy (non-hydrogen) atoms. The van der Waals surface area contributed by atoms with Gasteiger partial charge in [0, 0.05) is 25.4 Å². The topological polar surface area (TPSA) is 164 Å². The van der Waals surface area contributed by atoms with Gasteiger partial charge in [-0.15, -0.1) is 0 Å². The first-order valence-corrected chi connectivity index (χ1v) is 25.2. The predicted octanol–water partition coefficient (Wildman–Crippen LogP) is 7.34. The monoisotopic (exact) mass is 903 g/mol. The van der Waals surface area contributed by atoms with Crippen LogP contribution in [0.25, 0.3) is 0 Å². The molecule has 0 aliphatic carbocycles. The minimum atomic E-state index is -2.64. The SMILES string of the molecule is CC(C)C(NC(=O)C(Cc1ccccc1F)CC(O[Si](C)(C)C(C)(C)C)C(Cc1ccccc1)NC(=O)OC(C)(C)C)C(=O)NC(Cc1ccccc1)C(=O)NC(=O)N1CCOCC1. The van der Waals surface area contributed by atoms with Crippen LogP contribution in [0, 0.1) is 17.7 Å². The van der Waals surface area contributed by atoms with Crippen LogP contribution in [0.5, 0.6) is 0 Å². The van der Waals surface area contributed by atoms with Crippen molar-refractivity contribution in [1.29, 1.82) is 0 Å². The molecule has 0 spiro atoms. The predicted molar refractivity (Wildman–Crippen MR) is 248 cm³/mol. The summed E-state index contributed by atoms with van der Waals surface area (Å²) in [5, 5.41) is 11.0. The molecule has 0 radical (unpaired) electrons. The molecule has 4 rings (SSSR count). The molecule has 6 amide bonds. The summed E-state index contributed by atoms with van der Waals surface area (Å²) < 4.78 is 33.8. The van der Waals surface area contributed by atoms with E-state index in [4.69, 9.17) is 13.9 Å². The normalized spacial score (nSPS) is 15.8. The third-order valence-corrected chi connectivity index (χ3v) is 16.2. The summed E-state index contributed by atoms with van der Waals surface area (Å²) in [5.74, 6) is -3.79. The van der Waals surface area contributed by atoms with Crippen LogP contribution in [-0.4, -0.2) is 99.2 Å². The summed E-state index contributed by atoms with van der Waals surface area (Å²) in [5.41, 5.74) is 1.16. The number of hydrogen-bond donors (Lipinski definition) is 4. The van der Waals surface area contributed by atoms with E-state index in [2.05, 4.69) is 55.1 Å². The number of carbonyl (C=O) groups excluding carboxylic acids is 5. The molecule has 13 nitrogen and oxygen atoms in total. The quantitative estimate of drug-likeness (QED) is 0.0965. The van der Waals surface area contributed by atoms with Gasteiger partial charge in [-0.05, 0) is 86.8 Å². The molecule has 350 valence electrons. The van der Waals surface area contributed by atoms with E-state index in [1.165, 1.54) is 11.0 Å². The van der Waals surface area contributed by atoms with Crippen molar-refractivity contribution in [3.8, 4) is 0 Å². The minimum absolute atomic E-state index is 0.0368. The molecule has 0 bridgehead atoms. The second-order valence-corrected chi connectivity index (χ2v) is 24.2. The lowest BCUT2D eigenvalue weighted by Crippen LogP contribution is -2.59.